The Morgan fingerprint density at radius 3 is 2.57 bits per heavy atom. The summed E-state index contributed by atoms with van der Waals surface area (Å²) in [4.78, 5) is 15.0. The van der Waals surface area contributed by atoms with E-state index in [1.807, 2.05) is 42.5 Å². The molecule has 1 N–H and O–H groups in total. The molecule has 2 heterocycles. The molecule has 0 spiro atoms. The summed E-state index contributed by atoms with van der Waals surface area (Å²) >= 11 is 0. The second kappa shape index (κ2) is 8.73. The number of nitrogens with one attached hydrogen (secondary N) is 1. The Morgan fingerprint density at radius 1 is 1.04 bits per heavy atom. The van der Waals surface area contributed by atoms with Gasteiger partial charge >= 0.3 is 0 Å². The van der Waals surface area contributed by atoms with E-state index in [-0.39, 0.29) is 5.91 Å². The van der Waals surface area contributed by atoms with Crippen LogP contribution in [0.4, 0.5) is 5.69 Å². The molecule has 1 aliphatic rings. The molecule has 28 heavy (non-hydrogen) atoms. The van der Waals surface area contributed by atoms with Crippen LogP contribution in [0.15, 0.2) is 54.9 Å². The molecule has 2 aromatic carbocycles. The lowest BCUT2D eigenvalue weighted by atomic mass is 10.1. The summed E-state index contributed by atoms with van der Waals surface area (Å²) in [5.74, 6) is -0.122. The van der Waals surface area contributed by atoms with Crippen LogP contribution in [0.3, 0.4) is 0 Å². The molecule has 1 aromatic heterocycles. The van der Waals surface area contributed by atoms with Gasteiger partial charge in [-0.1, -0.05) is 30.3 Å². The van der Waals surface area contributed by atoms with Gasteiger partial charge in [0.25, 0.3) is 5.91 Å². The Hall–Kier alpha value is -3.10. The number of carbonyl (C=O) groups is 1. The lowest BCUT2D eigenvalue weighted by molar-refractivity contribution is 0.0342. The van der Waals surface area contributed by atoms with Gasteiger partial charge in [-0.25, -0.2) is 4.68 Å². The number of tetrazole rings is 1. The summed E-state index contributed by atoms with van der Waals surface area (Å²) in [5, 5.41) is 14.1. The quantitative estimate of drug-likeness (QED) is 0.704. The number of para-hydroxylation sites is 1. The summed E-state index contributed by atoms with van der Waals surface area (Å²) < 4.78 is 7.04. The Bertz CT molecular complexity index is 905. The van der Waals surface area contributed by atoms with Crippen LogP contribution in [0, 0.1) is 0 Å². The number of aromatic nitrogens is 4. The minimum absolute atomic E-state index is 0.122. The van der Waals surface area contributed by atoms with Gasteiger partial charge in [0.1, 0.15) is 6.33 Å². The van der Waals surface area contributed by atoms with E-state index in [2.05, 4.69) is 31.8 Å². The first kappa shape index (κ1) is 18.3. The number of hydrogen-bond donors (Lipinski definition) is 1. The SMILES string of the molecule is O=C(Nc1ccccc1CN1CCOCC1)c1ccc(Cn2cnnn2)cc1. The number of ether oxygens (including phenoxy) is 1. The van der Waals surface area contributed by atoms with Gasteiger partial charge in [0.2, 0.25) is 0 Å². The van der Waals surface area contributed by atoms with E-state index in [0.29, 0.717) is 12.1 Å². The number of morpholine rings is 1. The fraction of sp³-hybridized carbons (Fsp3) is 0.300. The largest absolute Gasteiger partial charge is 0.379 e. The molecular weight excluding hydrogens is 356 g/mol. The fourth-order valence-corrected chi connectivity index (χ4v) is 3.18. The van der Waals surface area contributed by atoms with Crippen molar-refractivity contribution in [3.63, 3.8) is 0 Å². The molecule has 1 amide bonds. The van der Waals surface area contributed by atoms with Gasteiger partial charge in [-0.15, -0.1) is 5.10 Å². The van der Waals surface area contributed by atoms with Crippen molar-refractivity contribution < 1.29 is 9.53 Å². The van der Waals surface area contributed by atoms with Gasteiger partial charge < -0.3 is 10.1 Å². The third-order valence-electron chi connectivity index (χ3n) is 4.72. The Morgan fingerprint density at radius 2 is 1.82 bits per heavy atom. The zero-order valence-corrected chi connectivity index (χ0v) is 15.5. The van der Waals surface area contributed by atoms with Gasteiger partial charge in [-0.2, -0.15) is 0 Å². The summed E-state index contributed by atoms with van der Waals surface area (Å²) in [5.41, 5.74) is 3.59. The van der Waals surface area contributed by atoms with Crippen LogP contribution in [-0.2, 0) is 17.8 Å². The van der Waals surface area contributed by atoms with E-state index < -0.39 is 0 Å². The van der Waals surface area contributed by atoms with Crippen LogP contribution in [0.25, 0.3) is 0 Å². The highest BCUT2D eigenvalue weighted by Crippen LogP contribution is 2.19. The zero-order chi connectivity index (χ0) is 19.2. The Balaban J connectivity index is 1.41. The number of carbonyl (C=O) groups excluding carboxylic acids is 1. The van der Waals surface area contributed by atoms with E-state index in [0.717, 1.165) is 49.7 Å². The van der Waals surface area contributed by atoms with Crippen molar-refractivity contribution in [1.82, 2.24) is 25.1 Å². The van der Waals surface area contributed by atoms with Gasteiger partial charge in [-0.05, 0) is 39.8 Å². The van der Waals surface area contributed by atoms with Crippen molar-refractivity contribution in [1.29, 1.82) is 0 Å². The Kier molecular flexibility index (Phi) is 5.69. The highest BCUT2D eigenvalue weighted by molar-refractivity contribution is 6.04. The zero-order valence-electron chi connectivity index (χ0n) is 15.5. The molecule has 0 aliphatic carbocycles. The lowest BCUT2D eigenvalue weighted by Gasteiger charge is -2.27. The number of rotatable bonds is 6. The number of amides is 1. The second-order valence-electron chi connectivity index (χ2n) is 6.70. The summed E-state index contributed by atoms with van der Waals surface area (Å²) in [6, 6.07) is 15.4. The minimum Gasteiger partial charge on any atom is -0.379 e. The normalized spacial score (nSPS) is 14.7. The molecule has 3 aromatic rings. The number of nitrogens with zero attached hydrogens (tertiary/aromatic N) is 5. The molecule has 1 saturated heterocycles. The van der Waals surface area contributed by atoms with Crippen LogP contribution < -0.4 is 5.32 Å². The van der Waals surface area contributed by atoms with Crippen LogP contribution in [0.1, 0.15) is 21.5 Å². The average Bonchev–Trinajstić information content (AvgIpc) is 3.24. The molecule has 0 bridgehead atoms. The smallest absolute Gasteiger partial charge is 0.255 e. The highest BCUT2D eigenvalue weighted by atomic mass is 16.5. The van der Waals surface area contributed by atoms with Crippen molar-refractivity contribution in [2.24, 2.45) is 0 Å². The standard InChI is InChI=1S/C20H22N6O2/c27-20(17-7-5-16(6-8-17)13-26-15-21-23-24-26)22-19-4-2-1-3-18(19)14-25-9-11-28-12-10-25/h1-8,15H,9-14H2,(H,22,27). The predicted octanol–water partition coefficient (Wildman–Crippen LogP) is 1.81. The minimum atomic E-state index is -0.122. The van der Waals surface area contributed by atoms with Gasteiger partial charge in [0.15, 0.2) is 0 Å². The maximum Gasteiger partial charge on any atom is 0.255 e. The molecule has 0 radical (unpaired) electrons. The molecule has 0 atom stereocenters. The van der Waals surface area contributed by atoms with Crippen LogP contribution >= 0.6 is 0 Å². The summed E-state index contributed by atoms with van der Waals surface area (Å²) in [6.45, 7) is 4.69. The molecule has 0 unspecified atom stereocenters. The molecule has 8 heteroatoms. The van der Waals surface area contributed by atoms with Crippen molar-refractivity contribution in [2.45, 2.75) is 13.1 Å². The number of hydrogen-bond acceptors (Lipinski definition) is 6. The second-order valence-corrected chi connectivity index (χ2v) is 6.70. The predicted molar refractivity (Wildman–Crippen MR) is 104 cm³/mol. The first-order chi connectivity index (χ1) is 13.8. The lowest BCUT2D eigenvalue weighted by Crippen LogP contribution is -2.35. The average molecular weight is 378 g/mol. The monoisotopic (exact) mass is 378 g/mol. The van der Waals surface area contributed by atoms with Crippen LogP contribution in [0.2, 0.25) is 0 Å². The first-order valence-corrected chi connectivity index (χ1v) is 9.27. The van der Waals surface area contributed by atoms with Gasteiger partial charge in [0.05, 0.1) is 19.8 Å². The molecule has 1 aliphatic heterocycles. The number of anilines is 1. The highest BCUT2D eigenvalue weighted by Gasteiger charge is 2.14. The van der Waals surface area contributed by atoms with Crippen molar-refractivity contribution in [3.05, 3.63) is 71.5 Å². The van der Waals surface area contributed by atoms with Gasteiger partial charge in [-0.3, -0.25) is 9.69 Å². The van der Waals surface area contributed by atoms with E-state index in [9.17, 15) is 4.79 Å². The van der Waals surface area contributed by atoms with E-state index in [4.69, 9.17) is 4.74 Å². The number of benzene rings is 2. The van der Waals surface area contributed by atoms with Crippen molar-refractivity contribution in [2.75, 3.05) is 31.6 Å². The summed E-state index contributed by atoms with van der Waals surface area (Å²) in [6.07, 6.45) is 1.56. The van der Waals surface area contributed by atoms with Crippen LogP contribution in [0.5, 0.6) is 0 Å². The maximum atomic E-state index is 12.7. The maximum absolute atomic E-state index is 12.7. The fourth-order valence-electron chi connectivity index (χ4n) is 3.18. The topological polar surface area (TPSA) is 85.2 Å². The molecular formula is C20H22N6O2. The van der Waals surface area contributed by atoms with Crippen molar-refractivity contribution in [3.8, 4) is 0 Å². The van der Waals surface area contributed by atoms with Crippen LogP contribution in [-0.4, -0.2) is 57.3 Å². The van der Waals surface area contributed by atoms with E-state index in [1.54, 1.807) is 11.0 Å². The van der Waals surface area contributed by atoms with Gasteiger partial charge in [0, 0.05) is 30.9 Å². The Labute approximate surface area is 163 Å². The molecule has 8 nitrogen and oxygen atoms in total. The molecule has 0 saturated carbocycles. The van der Waals surface area contributed by atoms with Crippen molar-refractivity contribution >= 4 is 11.6 Å². The summed E-state index contributed by atoms with van der Waals surface area (Å²) in [7, 11) is 0. The van der Waals surface area contributed by atoms with E-state index in [1.165, 1.54) is 0 Å². The first-order valence-electron chi connectivity index (χ1n) is 9.27. The third kappa shape index (κ3) is 4.59. The molecule has 4 rings (SSSR count). The third-order valence-corrected chi connectivity index (χ3v) is 4.72. The molecule has 144 valence electrons. The molecule has 1 fully saturated rings. The van der Waals surface area contributed by atoms with E-state index >= 15 is 0 Å².